The fraction of sp³-hybridized carbons (Fsp3) is 0.0769. The van der Waals surface area contributed by atoms with Crippen LogP contribution in [0.5, 0.6) is 0 Å². The molecule has 3 fully saturated rings. The third kappa shape index (κ3) is 7.88. The highest BCUT2D eigenvalue weighted by Gasteiger charge is 2.65. The minimum absolute atomic E-state index is 0.697. The second-order valence-corrected chi connectivity index (χ2v) is 23.5. The van der Waals surface area contributed by atoms with Crippen molar-refractivity contribution in [2.24, 2.45) is 0 Å². The summed E-state index contributed by atoms with van der Waals surface area (Å²) >= 11 is 0. The lowest BCUT2D eigenvalue weighted by Crippen LogP contribution is -2.62. The third-order valence-corrected chi connectivity index (χ3v) is 19.0. The first kappa shape index (κ1) is 50.9. The molecule has 18 rings (SSSR count). The van der Waals surface area contributed by atoms with Gasteiger partial charge in [0.2, 0.25) is 6.10 Å². The lowest BCUT2D eigenvalue weighted by molar-refractivity contribution is -0.146. The van der Waals surface area contributed by atoms with Crippen molar-refractivity contribution in [3.8, 4) is 33.4 Å². The van der Waals surface area contributed by atoms with Crippen molar-refractivity contribution < 1.29 is 28.4 Å². The van der Waals surface area contributed by atoms with Gasteiger partial charge in [-0.25, -0.2) is 0 Å². The van der Waals surface area contributed by atoms with Crippen LogP contribution in [0, 0.1) is 0 Å². The molecule has 15 aromatic rings. The first-order valence-corrected chi connectivity index (χ1v) is 30.2. The van der Waals surface area contributed by atoms with E-state index in [0.717, 1.165) is 103 Å². The highest BCUT2D eigenvalue weighted by molar-refractivity contribution is 6.70. The fourth-order valence-corrected chi connectivity index (χ4v) is 15.3. The van der Waals surface area contributed by atoms with Gasteiger partial charge in [-0.15, -0.1) is 0 Å². The van der Waals surface area contributed by atoms with Crippen molar-refractivity contribution >= 4 is 135 Å². The van der Waals surface area contributed by atoms with Crippen LogP contribution in [0.2, 0.25) is 0 Å². The SMILES string of the molecule is [OH2+]C1C(O[B]c2c3ccccc3c(-c3cccc4ccccc34)c3ccccc23)C2OB(c3c4ccccc4c(-c4cccc5ccccc45)c4ccccc34)OC2C2OB(c3c4ccccc4c(-c4cccc5ccccc45)c4ccccc34)OC12. The quantitative estimate of drug-likeness (QED) is 0.0861. The summed E-state index contributed by atoms with van der Waals surface area (Å²) in [5, 5.41) is 30.5. The van der Waals surface area contributed by atoms with E-state index in [-0.39, 0.29) is 0 Å². The van der Waals surface area contributed by atoms with E-state index < -0.39 is 50.9 Å². The summed E-state index contributed by atoms with van der Waals surface area (Å²) in [6.07, 6.45) is -4.73. The molecule has 0 amide bonds. The Bertz CT molecular complexity index is 5130. The van der Waals surface area contributed by atoms with Gasteiger partial charge in [-0.1, -0.05) is 273 Å². The van der Waals surface area contributed by atoms with Crippen LogP contribution in [0.15, 0.2) is 273 Å². The van der Waals surface area contributed by atoms with Crippen LogP contribution < -0.4 is 16.4 Å². The summed E-state index contributed by atoms with van der Waals surface area (Å²) in [7, 11) is 0.174. The molecule has 2 aliphatic heterocycles. The van der Waals surface area contributed by atoms with Gasteiger partial charge in [0.1, 0.15) is 24.4 Å². The number of rotatable bonds is 8. The second-order valence-electron chi connectivity index (χ2n) is 23.5. The molecule has 0 bridgehead atoms. The van der Waals surface area contributed by atoms with Crippen LogP contribution in [0.25, 0.3) is 130 Å². The Kier molecular flexibility index (Phi) is 11.9. The monoisotopic (exact) mass is 1120 g/mol. The van der Waals surface area contributed by atoms with Gasteiger partial charge < -0.3 is 28.4 Å². The minimum Gasteiger partial charge on any atom is -0.439 e. The molecular weight excluding hydrogens is 1070 g/mol. The molecule has 1 radical (unpaired) electrons. The van der Waals surface area contributed by atoms with Crippen LogP contribution in [-0.2, 0) is 23.3 Å². The standard InChI is InChI=1S/C78H52B3O6/c82-73-74(83-79-70-61-37-13-7-31-55(61)67(56-32-8-14-38-62(56)70)52-43-19-25-46-22-1-4-28-49(46)52)76-78(87-81(85-76)72-65-41-17-11-35-59(65)69(60-36-12-18-42-66(60)72)54-45-21-27-48-24-3-6-30-51(48)54)77-75(73)84-80(86-77)71-63-39-15-9-33-57(63)68(58-34-10-16-40-64(58)71)53-44-20-26-47-23-2-5-29-50(47)53/h1-45,73-78,82H/p+1. The summed E-state index contributed by atoms with van der Waals surface area (Å²) < 4.78 is 37.2. The van der Waals surface area contributed by atoms with E-state index in [0.29, 0.717) is 0 Å². The molecule has 6 unspecified atom stereocenters. The molecule has 0 aromatic heterocycles. The van der Waals surface area contributed by atoms with E-state index in [1.165, 1.54) is 43.4 Å². The zero-order valence-corrected chi connectivity index (χ0v) is 47.2. The molecule has 3 aliphatic rings. The number of fused-ring (bicyclic) bond motifs is 12. The molecule has 2 N–H and O–H groups in total. The summed E-state index contributed by atoms with van der Waals surface area (Å²) in [5.41, 5.74) is 9.77. The first-order chi connectivity index (χ1) is 43.1. The summed E-state index contributed by atoms with van der Waals surface area (Å²) in [5.74, 6) is 0. The van der Waals surface area contributed by atoms with E-state index in [1.807, 2.05) is 7.48 Å². The Hall–Kier alpha value is -9.41. The molecule has 6 atom stereocenters. The van der Waals surface area contributed by atoms with Crippen molar-refractivity contribution in [3.05, 3.63) is 273 Å². The summed E-state index contributed by atoms with van der Waals surface area (Å²) in [6, 6.07) is 97.3. The minimum atomic E-state index is -0.970. The highest BCUT2D eigenvalue weighted by atomic mass is 16.7. The van der Waals surface area contributed by atoms with Crippen molar-refractivity contribution in [1.29, 1.82) is 0 Å². The molecule has 1 saturated carbocycles. The predicted molar refractivity (Wildman–Crippen MR) is 361 cm³/mol. The Labute approximate surface area is 503 Å². The van der Waals surface area contributed by atoms with Crippen molar-refractivity contribution in [1.82, 2.24) is 0 Å². The molecule has 2 heterocycles. The van der Waals surface area contributed by atoms with E-state index in [2.05, 4.69) is 273 Å². The van der Waals surface area contributed by atoms with Gasteiger partial charge in [-0.2, -0.15) is 0 Å². The number of hydrogen-bond acceptors (Lipinski definition) is 5. The van der Waals surface area contributed by atoms with Gasteiger partial charge in [0.25, 0.3) is 0 Å². The van der Waals surface area contributed by atoms with Gasteiger partial charge in [0, 0.05) is 0 Å². The first-order valence-electron chi connectivity index (χ1n) is 30.2. The average Bonchev–Trinajstić information content (AvgIpc) is 2.91. The second kappa shape index (κ2) is 20.4. The maximum atomic E-state index is 10.6. The van der Waals surface area contributed by atoms with E-state index in [1.54, 1.807) is 0 Å². The van der Waals surface area contributed by atoms with E-state index >= 15 is 0 Å². The molecule has 1 aliphatic carbocycles. The average molecular weight is 1120 g/mol. The number of benzene rings is 15. The van der Waals surface area contributed by atoms with Crippen molar-refractivity contribution in [2.45, 2.75) is 36.6 Å². The van der Waals surface area contributed by atoms with Crippen LogP contribution in [-0.4, -0.2) is 63.4 Å². The molecule has 87 heavy (non-hydrogen) atoms. The smallest absolute Gasteiger partial charge is 0.439 e. The van der Waals surface area contributed by atoms with Gasteiger partial charge in [0.15, 0.2) is 0 Å². The highest BCUT2D eigenvalue weighted by Crippen LogP contribution is 2.46. The van der Waals surface area contributed by atoms with Gasteiger partial charge in [0.05, 0.1) is 6.10 Å². The Morgan fingerprint density at radius 3 is 0.908 bits per heavy atom. The lowest BCUT2D eigenvalue weighted by atomic mass is 9.71. The molecule has 409 valence electrons. The lowest BCUT2D eigenvalue weighted by Gasteiger charge is -2.40. The largest absolute Gasteiger partial charge is 0.496 e. The van der Waals surface area contributed by atoms with Crippen molar-refractivity contribution in [3.63, 3.8) is 0 Å². The van der Waals surface area contributed by atoms with Gasteiger partial charge >= 0.3 is 21.7 Å². The van der Waals surface area contributed by atoms with Crippen molar-refractivity contribution in [2.75, 3.05) is 0 Å². The van der Waals surface area contributed by atoms with Crippen LogP contribution in [0.1, 0.15) is 0 Å². The van der Waals surface area contributed by atoms with Crippen LogP contribution >= 0.6 is 0 Å². The molecule has 6 nitrogen and oxygen atoms in total. The Morgan fingerprint density at radius 2 is 0.540 bits per heavy atom. The topological polar surface area (TPSA) is 69.1 Å². The molecule has 15 aromatic carbocycles. The molecular formula is C78H53B3O6+. The van der Waals surface area contributed by atoms with E-state index in [4.69, 9.17) is 23.3 Å². The normalized spacial score (nSPS) is 19.4. The fourth-order valence-electron chi connectivity index (χ4n) is 15.3. The van der Waals surface area contributed by atoms with E-state index in [9.17, 15) is 5.11 Å². The Morgan fingerprint density at radius 1 is 0.276 bits per heavy atom. The molecule has 9 heteroatoms. The maximum Gasteiger partial charge on any atom is 0.496 e. The molecule has 2 saturated heterocycles. The van der Waals surface area contributed by atoms with Crippen LogP contribution in [0.4, 0.5) is 0 Å². The van der Waals surface area contributed by atoms with Gasteiger partial charge in [-0.3, -0.25) is 0 Å². The zero-order chi connectivity index (χ0) is 57.3. The number of hydrogen-bond donors (Lipinski definition) is 0. The zero-order valence-electron chi connectivity index (χ0n) is 47.2. The van der Waals surface area contributed by atoms with Gasteiger partial charge in [-0.05, 0) is 147 Å². The van der Waals surface area contributed by atoms with Crippen LogP contribution in [0.3, 0.4) is 0 Å². The third-order valence-electron chi connectivity index (χ3n) is 19.0. The Balaban J connectivity index is 0.794. The summed E-state index contributed by atoms with van der Waals surface area (Å²) in [6.45, 7) is 0. The maximum absolute atomic E-state index is 10.6. The molecule has 0 spiro atoms. The predicted octanol–water partition coefficient (Wildman–Crippen LogP) is 15.2. The summed E-state index contributed by atoms with van der Waals surface area (Å²) in [4.78, 5) is 0.